The molecule has 0 radical (unpaired) electrons. The van der Waals surface area contributed by atoms with Crippen molar-refractivity contribution >= 4 is 21.6 Å². The summed E-state index contributed by atoms with van der Waals surface area (Å²) >= 11 is 5.23. The van der Waals surface area contributed by atoms with Crippen molar-refractivity contribution in [2.24, 2.45) is 0 Å². The number of hydrogen-bond acceptors (Lipinski definition) is 4. The van der Waals surface area contributed by atoms with Gasteiger partial charge in [0.2, 0.25) is 15.9 Å². The lowest BCUT2D eigenvalue weighted by molar-refractivity contribution is 0.397. The number of sulfonamides is 1. The molecule has 0 aromatic carbocycles. The maximum atomic E-state index is 11.0. The quantitative estimate of drug-likeness (QED) is 0.782. The average Bonchev–Trinajstić information content (AvgIpc) is 2.27. The Morgan fingerprint density at radius 1 is 1.60 bits per heavy atom. The molecule has 0 aliphatic heterocycles. The summed E-state index contributed by atoms with van der Waals surface area (Å²) in [6.45, 7) is 0.175. The van der Waals surface area contributed by atoms with Crippen LogP contribution in [0, 0.1) is 0 Å². The highest BCUT2D eigenvalue weighted by atomic mass is 35.5. The topological polar surface area (TPSA) is 68.3 Å². The minimum Gasteiger partial charge on any atom is -0.481 e. The summed E-state index contributed by atoms with van der Waals surface area (Å²) in [6, 6.07) is 3.34. The first-order valence-corrected chi connectivity index (χ1v) is 6.28. The van der Waals surface area contributed by atoms with Gasteiger partial charge in [-0.05, 0) is 11.6 Å². The molecule has 1 N–H and O–H groups in total. The lowest BCUT2D eigenvalue weighted by atomic mass is 10.3. The van der Waals surface area contributed by atoms with Crippen molar-refractivity contribution in [1.82, 2.24) is 9.71 Å². The SMILES string of the molecule is COc1cc(CNS(=O)(=O)CCl)ccn1. The summed E-state index contributed by atoms with van der Waals surface area (Å²) in [7, 11) is -1.89. The van der Waals surface area contributed by atoms with E-state index in [0.717, 1.165) is 5.56 Å². The van der Waals surface area contributed by atoms with Gasteiger partial charge in [0.25, 0.3) is 0 Å². The summed E-state index contributed by atoms with van der Waals surface area (Å²) < 4.78 is 29.3. The van der Waals surface area contributed by atoms with Gasteiger partial charge in [-0.25, -0.2) is 18.1 Å². The standard InChI is InChI=1S/C8H11ClN2O3S/c1-14-8-4-7(2-3-10-8)5-11-15(12,13)6-9/h2-4,11H,5-6H2,1H3. The van der Waals surface area contributed by atoms with E-state index in [0.29, 0.717) is 5.88 Å². The van der Waals surface area contributed by atoms with Crippen LogP contribution >= 0.6 is 11.6 Å². The van der Waals surface area contributed by atoms with Gasteiger partial charge in [0, 0.05) is 18.8 Å². The van der Waals surface area contributed by atoms with Crippen LogP contribution in [-0.4, -0.2) is 25.7 Å². The Balaban J connectivity index is 2.65. The zero-order valence-corrected chi connectivity index (χ0v) is 9.68. The summed E-state index contributed by atoms with van der Waals surface area (Å²) in [5.41, 5.74) is 0.760. The largest absolute Gasteiger partial charge is 0.481 e. The molecular formula is C8H11ClN2O3S. The number of nitrogens with zero attached hydrogens (tertiary/aromatic N) is 1. The third-order valence-corrected chi connectivity index (χ3v) is 3.38. The molecule has 0 saturated carbocycles. The van der Waals surface area contributed by atoms with E-state index >= 15 is 0 Å². The molecule has 5 nitrogen and oxygen atoms in total. The Kier molecular flexibility index (Phi) is 4.31. The van der Waals surface area contributed by atoms with Crippen molar-refractivity contribution in [3.63, 3.8) is 0 Å². The molecule has 15 heavy (non-hydrogen) atoms. The van der Waals surface area contributed by atoms with Gasteiger partial charge >= 0.3 is 0 Å². The summed E-state index contributed by atoms with van der Waals surface area (Å²) in [5, 5.41) is -0.449. The van der Waals surface area contributed by atoms with E-state index < -0.39 is 15.2 Å². The number of nitrogens with one attached hydrogen (secondary N) is 1. The predicted octanol–water partition coefficient (Wildman–Crippen LogP) is 0.706. The molecular weight excluding hydrogens is 240 g/mol. The summed E-state index contributed by atoms with van der Waals surface area (Å²) in [5.74, 6) is 0.442. The Labute approximate surface area is 93.5 Å². The van der Waals surface area contributed by atoms with Crippen LogP contribution in [0.1, 0.15) is 5.56 Å². The summed E-state index contributed by atoms with van der Waals surface area (Å²) in [6.07, 6.45) is 1.54. The number of ether oxygens (including phenoxy) is 1. The van der Waals surface area contributed by atoms with Crippen molar-refractivity contribution in [2.45, 2.75) is 6.54 Å². The number of rotatable bonds is 5. The van der Waals surface area contributed by atoms with Gasteiger partial charge in [-0.3, -0.25) is 0 Å². The lowest BCUT2D eigenvalue weighted by Crippen LogP contribution is -2.23. The van der Waals surface area contributed by atoms with E-state index in [1.807, 2.05) is 0 Å². The van der Waals surface area contributed by atoms with Crippen molar-refractivity contribution in [3.8, 4) is 5.88 Å². The van der Waals surface area contributed by atoms with Gasteiger partial charge in [0.05, 0.1) is 7.11 Å². The Morgan fingerprint density at radius 2 is 2.33 bits per heavy atom. The fourth-order valence-electron chi connectivity index (χ4n) is 0.904. The van der Waals surface area contributed by atoms with Crippen molar-refractivity contribution < 1.29 is 13.2 Å². The highest BCUT2D eigenvalue weighted by Crippen LogP contribution is 2.08. The molecule has 0 fully saturated rings. The van der Waals surface area contributed by atoms with Crippen LogP contribution in [0.3, 0.4) is 0 Å². The third-order valence-electron chi connectivity index (χ3n) is 1.65. The number of aromatic nitrogens is 1. The normalized spacial score (nSPS) is 11.3. The first-order valence-electron chi connectivity index (χ1n) is 4.09. The molecule has 0 unspecified atom stereocenters. The van der Waals surface area contributed by atoms with Crippen molar-refractivity contribution in [3.05, 3.63) is 23.9 Å². The van der Waals surface area contributed by atoms with Crippen LogP contribution in [-0.2, 0) is 16.6 Å². The van der Waals surface area contributed by atoms with Crippen LogP contribution in [0.15, 0.2) is 18.3 Å². The van der Waals surface area contributed by atoms with Crippen LogP contribution in [0.5, 0.6) is 5.88 Å². The van der Waals surface area contributed by atoms with Gasteiger partial charge in [0.1, 0.15) is 5.21 Å². The van der Waals surface area contributed by atoms with E-state index in [1.165, 1.54) is 7.11 Å². The van der Waals surface area contributed by atoms with E-state index in [-0.39, 0.29) is 6.54 Å². The van der Waals surface area contributed by atoms with Crippen LogP contribution in [0.25, 0.3) is 0 Å². The molecule has 1 rings (SSSR count). The van der Waals surface area contributed by atoms with Crippen LogP contribution in [0.4, 0.5) is 0 Å². The molecule has 1 aromatic rings. The minimum absolute atomic E-state index is 0.175. The van der Waals surface area contributed by atoms with Crippen LogP contribution < -0.4 is 9.46 Å². The Bertz CT molecular complexity index is 422. The molecule has 0 aliphatic carbocycles. The Morgan fingerprint density at radius 3 is 2.93 bits per heavy atom. The molecule has 0 bridgehead atoms. The molecule has 0 amide bonds. The second-order valence-electron chi connectivity index (χ2n) is 2.75. The van der Waals surface area contributed by atoms with Crippen molar-refractivity contribution in [2.75, 3.05) is 12.3 Å². The molecule has 0 atom stereocenters. The maximum Gasteiger partial charge on any atom is 0.225 e. The molecule has 0 spiro atoms. The van der Waals surface area contributed by atoms with Crippen LogP contribution in [0.2, 0.25) is 0 Å². The van der Waals surface area contributed by atoms with Gasteiger partial charge < -0.3 is 4.74 Å². The Hall–Kier alpha value is -0.850. The smallest absolute Gasteiger partial charge is 0.225 e. The molecule has 0 aliphatic rings. The van der Waals surface area contributed by atoms with E-state index in [2.05, 4.69) is 9.71 Å². The third kappa shape index (κ3) is 4.03. The zero-order valence-electron chi connectivity index (χ0n) is 8.10. The maximum absolute atomic E-state index is 11.0. The molecule has 1 aromatic heterocycles. The van der Waals surface area contributed by atoms with Gasteiger partial charge in [-0.2, -0.15) is 0 Å². The fourth-order valence-corrected chi connectivity index (χ4v) is 1.60. The molecule has 1 heterocycles. The summed E-state index contributed by atoms with van der Waals surface area (Å²) in [4.78, 5) is 3.90. The number of pyridine rings is 1. The number of methoxy groups -OCH3 is 1. The van der Waals surface area contributed by atoms with E-state index in [1.54, 1.807) is 18.3 Å². The van der Waals surface area contributed by atoms with E-state index in [4.69, 9.17) is 16.3 Å². The first kappa shape index (κ1) is 12.2. The monoisotopic (exact) mass is 250 g/mol. The first-order chi connectivity index (χ1) is 7.07. The van der Waals surface area contributed by atoms with Crippen molar-refractivity contribution in [1.29, 1.82) is 0 Å². The number of alkyl halides is 1. The van der Waals surface area contributed by atoms with Gasteiger partial charge in [-0.1, -0.05) is 0 Å². The lowest BCUT2D eigenvalue weighted by Gasteiger charge is -2.04. The van der Waals surface area contributed by atoms with E-state index in [9.17, 15) is 8.42 Å². The molecule has 0 saturated heterocycles. The highest BCUT2D eigenvalue weighted by Gasteiger charge is 2.07. The highest BCUT2D eigenvalue weighted by molar-refractivity contribution is 7.90. The second-order valence-corrected chi connectivity index (χ2v) is 5.14. The molecule has 7 heteroatoms. The second kappa shape index (κ2) is 5.29. The predicted molar refractivity (Wildman–Crippen MR) is 57.3 cm³/mol. The number of hydrogen-bond donors (Lipinski definition) is 1. The van der Waals surface area contributed by atoms with Gasteiger partial charge in [-0.15, -0.1) is 11.6 Å². The molecule has 84 valence electrons. The fraction of sp³-hybridized carbons (Fsp3) is 0.375. The average molecular weight is 251 g/mol. The van der Waals surface area contributed by atoms with Gasteiger partial charge in [0.15, 0.2) is 0 Å². The zero-order chi connectivity index (χ0) is 11.3. The number of halogens is 1. The minimum atomic E-state index is -3.38.